The van der Waals surface area contributed by atoms with Crippen LogP contribution in [0.5, 0.6) is 0 Å². The highest BCUT2D eigenvalue weighted by atomic mass is 16.5. The molecule has 2 N–H and O–H groups in total. The van der Waals surface area contributed by atoms with E-state index in [-0.39, 0.29) is 12.3 Å². The maximum absolute atomic E-state index is 5.99. The number of hydrogen-bond acceptors (Lipinski definition) is 7. The van der Waals surface area contributed by atoms with E-state index in [1.807, 2.05) is 18.6 Å². The molecule has 0 bridgehead atoms. The summed E-state index contributed by atoms with van der Waals surface area (Å²) in [5.74, 6) is 1.42. The Kier molecular flexibility index (Phi) is 5.33. The molecule has 1 unspecified atom stereocenters. The molecule has 30 heavy (non-hydrogen) atoms. The molecule has 1 saturated heterocycles. The van der Waals surface area contributed by atoms with E-state index < -0.39 is 0 Å². The summed E-state index contributed by atoms with van der Waals surface area (Å²) in [6.45, 7) is 6.19. The third-order valence-corrected chi connectivity index (χ3v) is 6.41. The molecule has 0 aromatic carbocycles. The summed E-state index contributed by atoms with van der Waals surface area (Å²) in [7, 11) is 0. The zero-order valence-electron chi connectivity index (χ0n) is 17.7. The minimum atomic E-state index is 0.0621. The highest BCUT2D eigenvalue weighted by Crippen LogP contribution is 2.33. The summed E-state index contributed by atoms with van der Waals surface area (Å²) in [6.07, 6.45) is 14.5. The second-order valence-electron chi connectivity index (χ2n) is 8.79. The fourth-order valence-corrected chi connectivity index (χ4v) is 4.88. The monoisotopic (exact) mass is 409 g/mol. The van der Waals surface area contributed by atoms with Gasteiger partial charge in [0.05, 0.1) is 41.7 Å². The van der Waals surface area contributed by atoms with Crippen LogP contribution in [0.15, 0.2) is 52.2 Å². The van der Waals surface area contributed by atoms with Gasteiger partial charge in [-0.05, 0) is 51.3 Å². The largest absolute Gasteiger partial charge is 0.496 e. The summed E-state index contributed by atoms with van der Waals surface area (Å²) in [5.41, 5.74) is 5.51. The molecule has 160 valence electrons. The van der Waals surface area contributed by atoms with Crippen molar-refractivity contribution in [2.45, 2.75) is 63.9 Å². The Morgan fingerprint density at radius 2 is 2.10 bits per heavy atom. The molecule has 3 atom stereocenters. The molecule has 4 aliphatic rings. The number of allylic oxidation sites excluding steroid dienone is 2. The van der Waals surface area contributed by atoms with Gasteiger partial charge in [0.2, 0.25) is 0 Å². The molecular formula is C22H31N7O. The van der Waals surface area contributed by atoms with Crippen molar-refractivity contribution in [1.82, 2.24) is 25.4 Å². The summed E-state index contributed by atoms with van der Waals surface area (Å²) in [6, 6.07) is 2.84. The Morgan fingerprint density at radius 1 is 1.23 bits per heavy atom. The van der Waals surface area contributed by atoms with Crippen LogP contribution >= 0.6 is 0 Å². The van der Waals surface area contributed by atoms with Crippen LogP contribution in [-0.2, 0) is 4.74 Å². The van der Waals surface area contributed by atoms with E-state index in [4.69, 9.17) is 14.8 Å². The van der Waals surface area contributed by atoms with Gasteiger partial charge in [0.15, 0.2) is 0 Å². The average Bonchev–Trinajstić information content (AvgIpc) is 3.44. The number of nitrogens with one attached hydrogen (secondary N) is 2. The lowest BCUT2D eigenvalue weighted by Crippen LogP contribution is -2.43. The Morgan fingerprint density at radius 3 is 2.87 bits per heavy atom. The van der Waals surface area contributed by atoms with Gasteiger partial charge in [-0.1, -0.05) is 0 Å². The molecule has 0 amide bonds. The third-order valence-electron chi connectivity index (χ3n) is 6.41. The van der Waals surface area contributed by atoms with Crippen molar-refractivity contribution < 1.29 is 4.74 Å². The van der Waals surface area contributed by atoms with E-state index in [2.05, 4.69) is 57.6 Å². The quantitative estimate of drug-likeness (QED) is 0.781. The number of nitrogens with zero attached hydrogens (tertiary/aromatic N) is 5. The lowest BCUT2D eigenvalue weighted by molar-refractivity contribution is 0.128. The van der Waals surface area contributed by atoms with Gasteiger partial charge in [-0.15, -0.1) is 0 Å². The average molecular weight is 410 g/mol. The van der Waals surface area contributed by atoms with E-state index in [1.165, 1.54) is 0 Å². The molecule has 1 aliphatic carbocycles. The molecule has 8 nitrogen and oxygen atoms in total. The van der Waals surface area contributed by atoms with Crippen LogP contribution < -0.4 is 10.7 Å². The first-order chi connectivity index (χ1) is 14.7. The number of fused-ring (bicyclic) bond motifs is 1. The second-order valence-corrected chi connectivity index (χ2v) is 8.79. The molecule has 8 heteroatoms. The minimum Gasteiger partial charge on any atom is -0.496 e. The molecule has 1 fully saturated rings. The molecular weight excluding hydrogens is 378 g/mol. The lowest BCUT2D eigenvalue weighted by atomic mass is 9.84. The summed E-state index contributed by atoms with van der Waals surface area (Å²) >= 11 is 0. The predicted octanol–water partition coefficient (Wildman–Crippen LogP) is 2.41. The zero-order valence-corrected chi connectivity index (χ0v) is 17.7. The van der Waals surface area contributed by atoms with Crippen LogP contribution in [0.1, 0.15) is 45.6 Å². The first kappa shape index (κ1) is 19.4. The number of aromatic nitrogens is 2. The molecule has 0 spiro atoms. The standard InChI is InChI=1S/C22H31N7O/c1-15(2)30-17-4-5-19-18(12-17)22(27-26-19)20-13-21(24-14-23-20)28-10-6-16(7-11-28)29-9-3-8-25-29/h3-4,8-9,13-16,18-19,21,26H,5-7,10-12H2,1-2H3,(H,23,24)/t18-,19+,21?/m0/s1. The number of aliphatic imine (C=N–C) groups is 1. The van der Waals surface area contributed by atoms with Crippen LogP contribution in [0, 0.1) is 5.92 Å². The molecule has 5 rings (SSSR count). The Hall–Kier alpha value is -2.61. The molecule has 0 radical (unpaired) electrons. The number of piperidine rings is 1. The van der Waals surface area contributed by atoms with Crippen molar-refractivity contribution >= 4 is 12.1 Å². The normalized spacial score (nSPS) is 29.6. The maximum Gasteiger partial charge on any atom is 0.125 e. The van der Waals surface area contributed by atoms with E-state index in [0.29, 0.717) is 18.0 Å². The van der Waals surface area contributed by atoms with Gasteiger partial charge in [-0.2, -0.15) is 10.2 Å². The number of likely N-dealkylation sites (tertiary alicyclic amines) is 1. The van der Waals surface area contributed by atoms with Gasteiger partial charge in [0.25, 0.3) is 0 Å². The molecule has 4 heterocycles. The minimum absolute atomic E-state index is 0.0621. The predicted molar refractivity (Wildman–Crippen MR) is 117 cm³/mol. The summed E-state index contributed by atoms with van der Waals surface area (Å²) in [4.78, 5) is 7.15. The van der Waals surface area contributed by atoms with Crippen molar-refractivity contribution in [2.75, 3.05) is 13.1 Å². The zero-order chi connectivity index (χ0) is 20.5. The maximum atomic E-state index is 5.99. The van der Waals surface area contributed by atoms with Crippen molar-refractivity contribution in [3.8, 4) is 0 Å². The number of hydrazone groups is 1. The highest BCUT2D eigenvalue weighted by Gasteiger charge is 2.37. The summed E-state index contributed by atoms with van der Waals surface area (Å²) < 4.78 is 8.08. The highest BCUT2D eigenvalue weighted by molar-refractivity contribution is 6.04. The lowest BCUT2D eigenvalue weighted by Gasteiger charge is -2.36. The fourth-order valence-electron chi connectivity index (χ4n) is 4.88. The van der Waals surface area contributed by atoms with Gasteiger partial charge >= 0.3 is 0 Å². The van der Waals surface area contributed by atoms with Gasteiger partial charge in [-0.3, -0.25) is 14.6 Å². The van der Waals surface area contributed by atoms with E-state index in [0.717, 1.165) is 55.9 Å². The van der Waals surface area contributed by atoms with Crippen LogP contribution in [0.3, 0.4) is 0 Å². The van der Waals surface area contributed by atoms with Crippen LogP contribution in [0.4, 0.5) is 0 Å². The van der Waals surface area contributed by atoms with E-state index in [9.17, 15) is 0 Å². The van der Waals surface area contributed by atoms with Gasteiger partial charge in [0, 0.05) is 37.8 Å². The van der Waals surface area contributed by atoms with Crippen molar-refractivity contribution in [1.29, 1.82) is 0 Å². The third kappa shape index (κ3) is 3.88. The van der Waals surface area contributed by atoms with Gasteiger partial charge in [0.1, 0.15) is 6.17 Å². The van der Waals surface area contributed by atoms with Crippen molar-refractivity contribution in [3.63, 3.8) is 0 Å². The van der Waals surface area contributed by atoms with Crippen LogP contribution in [0.2, 0.25) is 0 Å². The van der Waals surface area contributed by atoms with Crippen molar-refractivity contribution in [3.05, 3.63) is 42.1 Å². The molecule has 3 aliphatic heterocycles. The fraction of sp³-hybridized carbons (Fsp3) is 0.591. The Balaban J connectivity index is 1.24. The smallest absolute Gasteiger partial charge is 0.125 e. The first-order valence-corrected chi connectivity index (χ1v) is 11.1. The first-order valence-electron chi connectivity index (χ1n) is 11.1. The Labute approximate surface area is 177 Å². The molecule has 1 aromatic heterocycles. The molecule has 1 aromatic rings. The Bertz CT molecular complexity index is 862. The topological polar surface area (TPSA) is 79.1 Å². The van der Waals surface area contributed by atoms with E-state index >= 15 is 0 Å². The number of rotatable bonds is 5. The van der Waals surface area contributed by atoms with Gasteiger partial charge in [-0.25, -0.2) is 0 Å². The van der Waals surface area contributed by atoms with Crippen molar-refractivity contribution in [2.24, 2.45) is 16.0 Å². The SMILES string of the molecule is CC(C)OC1=CC[C@H]2NN=C(C3=CC(N4CCC(n5cccn5)CC4)N=CN3)[C@H]2C1. The van der Waals surface area contributed by atoms with E-state index in [1.54, 1.807) is 0 Å². The number of ether oxygens (including phenoxy) is 1. The van der Waals surface area contributed by atoms with Crippen LogP contribution in [0.25, 0.3) is 0 Å². The number of hydrogen-bond donors (Lipinski definition) is 2. The second kappa shape index (κ2) is 8.26. The van der Waals surface area contributed by atoms with Crippen LogP contribution in [-0.4, -0.2) is 58.1 Å². The van der Waals surface area contributed by atoms with Gasteiger partial charge < -0.3 is 15.5 Å². The molecule has 0 saturated carbocycles. The summed E-state index contributed by atoms with van der Waals surface area (Å²) in [5, 5.41) is 12.5.